The number of ketones is 1. The summed E-state index contributed by atoms with van der Waals surface area (Å²) in [5.74, 6) is 1.15. The van der Waals surface area contributed by atoms with E-state index in [1.807, 2.05) is 36.4 Å². The Morgan fingerprint density at radius 1 is 0.816 bits per heavy atom. The van der Waals surface area contributed by atoms with E-state index >= 15 is 0 Å². The summed E-state index contributed by atoms with van der Waals surface area (Å²) in [5.41, 5.74) is 2.67. The zero-order chi connectivity index (χ0) is 26.3. The molecule has 38 heavy (non-hydrogen) atoms. The number of hydrogen-bond donors (Lipinski definition) is 1. The topological polar surface area (TPSA) is 61.9 Å². The first-order valence-corrected chi connectivity index (χ1v) is 14.7. The first-order chi connectivity index (χ1) is 18.5. The molecule has 2 aliphatic heterocycles. The zero-order valence-corrected chi connectivity index (χ0v) is 23.0. The summed E-state index contributed by atoms with van der Waals surface area (Å²) in [6.07, 6.45) is 7.54. The molecule has 1 N–H and O–H groups in total. The Hall–Kier alpha value is -2.41. The third kappa shape index (κ3) is 7.16. The van der Waals surface area contributed by atoms with Crippen LogP contribution >= 0.6 is 11.6 Å². The average molecular weight is 538 g/mol. The standard InChI is InChI=1S/C31H40ClN3O3/c32-27-7-3-24(4-8-27)30(36)25-14-17-34(18-15-25)16-13-23-1-9-28(10-2-23)33-31(37)26-5-11-29(12-6-26)35-19-21-38-22-20-35/h3-8,11-12,23,25,28H,1-2,9-10,13-22H2,(H,33,37)/t23-,28-. The summed E-state index contributed by atoms with van der Waals surface area (Å²) >= 11 is 5.96. The van der Waals surface area contributed by atoms with E-state index in [0.29, 0.717) is 5.02 Å². The lowest BCUT2D eigenvalue weighted by molar-refractivity contribution is 0.0832. The van der Waals surface area contributed by atoms with Gasteiger partial charge in [-0.25, -0.2) is 0 Å². The number of nitrogens with one attached hydrogen (secondary N) is 1. The van der Waals surface area contributed by atoms with Gasteiger partial charge in [0.15, 0.2) is 5.78 Å². The Morgan fingerprint density at radius 3 is 2.11 bits per heavy atom. The van der Waals surface area contributed by atoms with Crippen LogP contribution in [0.4, 0.5) is 5.69 Å². The highest BCUT2D eigenvalue weighted by molar-refractivity contribution is 6.30. The highest BCUT2D eigenvalue weighted by atomic mass is 35.5. The van der Waals surface area contributed by atoms with Crippen molar-refractivity contribution in [3.63, 3.8) is 0 Å². The minimum absolute atomic E-state index is 0.0398. The minimum Gasteiger partial charge on any atom is -0.378 e. The number of rotatable bonds is 8. The first-order valence-electron chi connectivity index (χ1n) is 14.3. The number of Topliss-reactive ketones (excluding diaryl/α,β-unsaturated/α-hetero) is 1. The number of anilines is 1. The zero-order valence-electron chi connectivity index (χ0n) is 22.2. The Balaban J connectivity index is 0.986. The molecule has 2 saturated heterocycles. The highest BCUT2D eigenvalue weighted by Gasteiger charge is 2.27. The predicted molar refractivity (Wildman–Crippen MR) is 152 cm³/mol. The number of ether oxygens (including phenoxy) is 1. The molecule has 204 valence electrons. The number of carbonyl (C=O) groups is 2. The largest absolute Gasteiger partial charge is 0.378 e. The van der Waals surface area contributed by atoms with Gasteiger partial charge in [-0.1, -0.05) is 11.6 Å². The molecule has 3 fully saturated rings. The smallest absolute Gasteiger partial charge is 0.251 e. The van der Waals surface area contributed by atoms with Crippen LogP contribution in [-0.4, -0.2) is 68.6 Å². The van der Waals surface area contributed by atoms with E-state index < -0.39 is 0 Å². The van der Waals surface area contributed by atoms with Crippen molar-refractivity contribution in [1.82, 2.24) is 10.2 Å². The average Bonchev–Trinajstić information content (AvgIpc) is 2.97. The second-order valence-corrected chi connectivity index (χ2v) is 11.5. The SMILES string of the molecule is O=C(N[C@H]1CC[C@H](CCN2CCC(C(=O)c3ccc(Cl)cc3)CC2)CC1)c1ccc(N2CCOCC2)cc1. The summed E-state index contributed by atoms with van der Waals surface area (Å²) in [6, 6.07) is 15.5. The highest BCUT2D eigenvalue weighted by Crippen LogP contribution is 2.29. The Bertz CT molecular complexity index is 1050. The van der Waals surface area contributed by atoms with Gasteiger partial charge >= 0.3 is 0 Å². The van der Waals surface area contributed by atoms with Crippen molar-refractivity contribution in [2.75, 3.05) is 50.8 Å². The van der Waals surface area contributed by atoms with Crippen molar-refractivity contribution in [1.29, 1.82) is 0 Å². The number of likely N-dealkylation sites (tertiary alicyclic amines) is 1. The minimum atomic E-state index is 0.0398. The lowest BCUT2D eigenvalue weighted by atomic mass is 9.83. The molecule has 0 aromatic heterocycles. The van der Waals surface area contributed by atoms with Gasteiger partial charge in [-0.2, -0.15) is 0 Å². The fourth-order valence-corrected chi connectivity index (χ4v) is 6.27. The van der Waals surface area contributed by atoms with Crippen LogP contribution in [0.3, 0.4) is 0 Å². The van der Waals surface area contributed by atoms with E-state index in [9.17, 15) is 9.59 Å². The molecule has 0 bridgehead atoms. The number of piperidine rings is 1. The van der Waals surface area contributed by atoms with E-state index in [-0.39, 0.29) is 23.7 Å². The molecule has 1 amide bonds. The van der Waals surface area contributed by atoms with Crippen molar-refractivity contribution in [2.24, 2.45) is 11.8 Å². The van der Waals surface area contributed by atoms with Gasteiger partial charge in [0.25, 0.3) is 5.91 Å². The molecule has 2 aromatic carbocycles. The van der Waals surface area contributed by atoms with Gasteiger partial charge in [0.05, 0.1) is 13.2 Å². The molecule has 0 unspecified atom stereocenters. The lowest BCUT2D eigenvalue weighted by Gasteiger charge is -2.34. The number of amides is 1. The first kappa shape index (κ1) is 27.2. The number of hydrogen-bond acceptors (Lipinski definition) is 5. The number of morpholine rings is 1. The fraction of sp³-hybridized carbons (Fsp3) is 0.548. The van der Waals surface area contributed by atoms with Crippen LogP contribution in [0, 0.1) is 11.8 Å². The summed E-state index contributed by atoms with van der Waals surface area (Å²) in [6.45, 7) is 6.43. The van der Waals surface area contributed by atoms with Crippen molar-refractivity contribution in [3.8, 4) is 0 Å². The molecule has 2 aromatic rings. The van der Waals surface area contributed by atoms with Crippen LogP contribution in [0.1, 0.15) is 65.7 Å². The summed E-state index contributed by atoms with van der Waals surface area (Å²) in [7, 11) is 0. The molecule has 0 atom stereocenters. The molecule has 3 aliphatic rings. The summed E-state index contributed by atoms with van der Waals surface area (Å²) in [5, 5.41) is 3.94. The Morgan fingerprint density at radius 2 is 1.45 bits per heavy atom. The van der Waals surface area contributed by atoms with Crippen LogP contribution in [0.25, 0.3) is 0 Å². The molecule has 6 nitrogen and oxygen atoms in total. The van der Waals surface area contributed by atoms with Crippen molar-refractivity contribution in [3.05, 3.63) is 64.7 Å². The van der Waals surface area contributed by atoms with Gasteiger partial charge in [-0.3, -0.25) is 9.59 Å². The Labute approximate surface area is 231 Å². The van der Waals surface area contributed by atoms with E-state index in [4.69, 9.17) is 16.3 Å². The fourth-order valence-electron chi connectivity index (χ4n) is 6.14. The number of nitrogens with zero attached hydrogens (tertiary/aromatic N) is 2. The molecule has 1 saturated carbocycles. The maximum absolute atomic E-state index is 12.8. The lowest BCUT2D eigenvalue weighted by Crippen LogP contribution is -2.39. The quantitative estimate of drug-likeness (QED) is 0.454. The molecule has 0 spiro atoms. The third-order valence-corrected chi connectivity index (χ3v) is 8.88. The monoisotopic (exact) mass is 537 g/mol. The maximum Gasteiger partial charge on any atom is 0.251 e. The van der Waals surface area contributed by atoms with E-state index in [0.717, 1.165) is 94.4 Å². The van der Waals surface area contributed by atoms with Crippen LogP contribution in [-0.2, 0) is 4.74 Å². The van der Waals surface area contributed by atoms with Crippen molar-refractivity contribution >= 4 is 29.0 Å². The van der Waals surface area contributed by atoms with Gasteiger partial charge in [0, 0.05) is 46.9 Å². The van der Waals surface area contributed by atoms with E-state index in [1.54, 1.807) is 12.1 Å². The van der Waals surface area contributed by atoms with E-state index in [1.165, 1.54) is 19.3 Å². The molecule has 0 radical (unpaired) electrons. The molecule has 7 heteroatoms. The van der Waals surface area contributed by atoms with Gasteiger partial charge in [-0.05, 0) is 119 Å². The summed E-state index contributed by atoms with van der Waals surface area (Å²) in [4.78, 5) is 30.4. The number of carbonyl (C=O) groups excluding carboxylic acids is 2. The predicted octanol–water partition coefficient (Wildman–Crippen LogP) is 5.45. The number of benzene rings is 2. The van der Waals surface area contributed by atoms with Crippen molar-refractivity contribution in [2.45, 2.75) is 51.0 Å². The molecule has 5 rings (SSSR count). The molecular formula is C31H40ClN3O3. The second kappa shape index (κ2) is 13.1. The van der Waals surface area contributed by atoms with Crippen LogP contribution in [0.15, 0.2) is 48.5 Å². The van der Waals surface area contributed by atoms with Gasteiger partial charge in [-0.15, -0.1) is 0 Å². The number of halogens is 1. The molecular weight excluding hydrogens is 498 g/mol. The second-order valence-electron chi connectivity index (χ2n) is 11.1. The normalized spacial score (nSPS) is 23.2. The van der Waals surface area contributed by atoms with Crippen LogP contribution in [0.5, 0.6) is 0 Å². The molecule has 1 aliphatic carbocycles. The van der Waals surface area contributed by atoms with E-state index in [2.05, 4.69) is 15.1 Å². The van der Waals surface area contributed by atoms with Crippen LogP contribution < -0.4 is 10.2 Å². The van der Waals surface area contributed by atoms with Crippen molar-refractivity contribution < 1.29 is 14.3 Å². The van der Waals surface area contributed by atoms with Crippen LogP contribution in [0.2, 0.25) is 5.02 Å². The van der Waals surface area contributed by atoms with Gasteiger partial charge in [0.1, 0.15) is 0 Å². The maximum atomic E-state index is 12.8. The third-order valence-electron chi connectivity index (χ3n) is 8.63. The van der Waals surface area contributed by atoms with Gasteiger partial charge < -0.3 is 19.9 Å². The van der Waals surface area contributed by atoms with Gasteiger partial charge in [0.2, 0.25) is 0 Å². The summed E-state index contributed by atoms with van der Waals surface area (Å²) < 4.78 is 5.43. The Kier molecular flexibility index (Phi) is 9.36. The molecule has 2 heterocycles.